The molecule has 5 heteroatoms. The Morgan fingerprint density at radius 1 is 0.338 bits per heavy atom. The normalized spacial score (nSPS) is 12.6. The van der Waals surface area contributed by atoms with Crippen molar-refractivity contribution in [1.82, 2.24) is 4.57 Å². The van der Waals surface area contributed by atoms with Crippen LogP contribution in [0.4, 0.5) is 11.4 Å². The minimum Gasteiger partial charge on any atom is -0.458 e. The Hall–Kier alpha value is -8.90. The summed E-state index contributed by atoms with van der Waals surface area (Å²) >= 11 is 0. The molecule has 3 heterocycles. The quantitative estimate of drug-likeness (QED) is 0.112. The summed E-state index contributed by atoms with van der Waals surface area (Å²) in [4.78, 5) is 2.53. The lowest BCUT2D eigenvalue weighted by atomic mass is 9.44. The fraction of sp³-hybridized carbons (Fsp3) is 0. The molecule has 0 saturated carbocycles. The third kappa shape index (κ3) is 6.51. The number of nitrogens with zero attached hydrogens (tertiary/aromatic N) is 2. The smallest absolute Gasteiger partial charge is 0.336 e. The second kappa shape index (κ2) is 16.7. The zero-order valence-electron chi connectivity index (χ0n) is 38.9. The van der Waals surface area contributed by atoms with Gasteiger partial charge >= 0.3 is 6.85 Å². The summed E-state index contributed by atoms with van der Waals surface area (Å²) in [5, 5.41) is 7.91. The van der Waals surface area contributed by atoms with Crippen LogP contribution in [0, 0.1) is 0 Å². The van der Waals surface area contributed by atoms with E-state index in [0.29, 0.717) is 0 Å². The van der Waals surface area contributed by atoms with E-state index in [1.165, 1.54) is 70.4 Å². The molecule has 0 aliphatic carbocycles. The molecule has 1 aromatic heterocycles. The molecule has 0 atom stereocenters. The summed E-state index contributed by atoms with van der Waals surface area (Å²) in [6.07, 6.45) is 0. The molecule has 0 saturated heterocycles. The van der Waals surface area contributed by atoms with E-state index in [0.717, 1.165) is 45.0 Å². The fourth-order valence-corrected chi connectivity index (χ4v) is 16.7. The average molecular weight is 921 g/mol. The molecule has 2 aliphatic heterocycles. The van der Waals surface area contributed by atoms with Gasteiger partial charge in [0.2, 0.25) is 0 Å². The maximum Gasteiger partial charge on any atom is 0.336 e. The molecule has 2 aliphatic rings. The van der Waals surface area contributed by atoms with Crippen LogP contribution in [0.2, 0.25) is 0 Å². The first-order chi connectivity index (χ1) is 35.2. The molecule has 3 nitrogen and oxygen atoms in total. The molecule has 0 bridgehead atoms. The first kappa shape index (κ1) is 41.1. The van der Waals surface area contributed by atoms with Gasteiger partial charge in [-0.25, -0.2) is 0 Å². The van der Waals surface area contributed by atoms with Gasteiger partial charge in [0.1, 0.15) is 11.5 Å². The SMILES string of the molecule is c1ccc(N2B3c4cc(-c5cccc([Si](c6ccccc6)(c6ccccc6)c6ccccc6)c5)ccc4Oc4cc(-c5cccc(-n6c7ccccc7c7ccccc76)c5)cc(c43)-c3ccccc32)cc1. The number of rotatable bonds is 8. The Bertz CT molecular complexity index is 3840. The van der Waals surface area contributed by atoms with Crippen LogP contribution in [0.25, 0.3) is 60.9 Å². The third-order valence-corrected chi connectivity index (χ3v) is 19.7. The zero-order chi connectivity index (χ0) is 46.9. The third-order valence-electron chi connectivity index (χ3n) is 15.0. The number of hydrogen-bond acceptors (Lipinski definition) is 2. The monoisotopic (exact) mass is 920 g/mol. The molecule has 11 aromatic carbocycles. The van der Waals surface area contributed by atoms with Gasteiger partial charge in [0.15, 0.2) is 8.07 Å². The van der Waals surface area contributed by atoms with E-state index in [4.69, 9.17) is 4.74 Å². The van der Waals surface area contributed by atoms with E-state index in [-0.39, 0.29) is 6.85 Å². The van der Waals surface area contributed by atoms with E-state index in [2.05, 4.69) is 282 Å². The van der Waals surface area contributed by atoms with Crippen LogP contribution in [-0.4, -0.2) is 19.5 Å². The van der Waals surface area contributed by atoms with E-state index >= 15 is 0 Å². The van der Waals surface area contributed by atoms with Gasteiger partial charge in [-0.3, -0.25) is 0 Å². The highest BCUT2D eigenvalue weighted by Gasteiger charge is 2.45. The number of anilines is 2. The molecule has 0 radical (unpaired) electrons. The molecule has 0 N–H and O–H groups in total. The van der Waals surface area contributed by atoms with Crippen molar-refractivity contribution in [2.24, 2.45) is 0 Å². The standard InChI is InChI=1S/C66H45BN2OSi/c1-5-23-50(24-6-1)69-63-38-18-15-35-58(63)59-43-49(46-21-19-25-51(41-46)68-61-36-16-13-33-56(61)57-34-14-17-37-62(57)68)45-65-66(59)67(69)60-44-48(39-40-64(60)70-65)47-22-20-32-55(42-47)71(52-26-7-2-8-27-52,53-28-9-3-10-29-53)54-30-11-4-12-31-54/h1-45H. The summed E-state index contributed by atoms with van der Waals surface area (Å²) in [6, 6.07) is 101. The van der Waals surface area contributed by atoms with Gasteiger partial charge < -0.3 is 14.1 Å². The average Bonchev–Trinajstić information content (AvgIpc) is 3.79. The van der Waals surface area contributed by atoms with Gasteiger partial charge in [0, 0.05) is 38.9 Å². The topological polar surface area (TPSA) is 17.4 Å². The van der Waals surface area contributed by atoms with Crippen molar-refractivity contribution in [2.75, 3.05) is 4.81 Å². The van der Waals surface area contributed by atoms with Gasteiger partial charge in [0.25, 0.3) is 0 Å². The molecular weight excluding hydrogens is 876 g/mol. The van der Waals surface area contributed by atoms with E-state index in [1.807, 2.05) is 0 Å². The summed E-state index contributed by atoms with van der Waals surface area (Å²) in [6.45, 7) is -0.159. The van der Waals surface area contributed by atoms with Gasteiger partial charge in [-0.15, -0.1) is 0 Å². The van der Waals surface area contributed by atoms with E-state index in [9.17, 15) is 0 Å². The first-order valence-corrected chi connectivity index (χ1v) is 26.5. The number of benzene rings is 11. The van der Waals surface area contributed by atoms with Crippen LogP contribution in [0.3, 0.4) is 0 Å². The second-order valence-corrected chi connectivity index (χ2v) is 22.6. The number of aromatic nitrogens is 1. The van der Waals surface area contributed by atoms with E-state index < -0.39 is 8.07 Å². The maximum absolute atomic E-state index is 7.22. The van der Waals surface area contributed by atoms with Gasteiger partial charge in [-0.05, 0) is 115 Å². The molecular formula is C66H45BN2OSi. The van der Waals surface area contributed by atoms with Gasteiger partial charge in [-0.2, -0.15) is 0 Å². The molecule has 0 amide bonds. The minimum absolute atomic E-state index is 0.159. The predicted octanol–water partition coefficient (Wildman–Crippen LogP) is 12.5. The number of ether oxygens (including phenoxy) is 1. The van der Waals surface area contributed by atoms with Crippen molar-refractivity contribution < 1.29 is 4.74 Å². The van der Waals surface area contributed by atoms with Crippen molar-refractivity contribution in [3.63, 3.8) is 0 Å². The van der Waals surface area contributed by atoms with Gasteiger partial charge in [0.05, 0.1) is 11.0 Å². The van der Waals surface area contributed by atoms with Crippen molar-refractivity contribution in [2.45, 2.75) is 0 Å². The van der Waals surface area contributed by atoms with Crippen LogP contribution >= 0.6 is 0 Å². The fourth-order valence-electron chi connectivity index (χ4n) is 11.9. The predicted molar refractivity (Wildman–Crippen MR) is 301 cm³/mol. The van der Waals surface area contributed by atoms with Crippen molar-refractivity contribution in [1.29, 1.82) is 0 Å². The maximum atomic E-state index is 7.22. The van der Waals surface area contributed by atoms with Crippen LogP contribution in [-0.2, 0) is 0 Å². The van der Waals surface area contributed by atoms with Crippen molar-refractivity contribution in [3.8, 4) is 50.6 Å². The Balaban J connectivity index is 0.944. The largest absolute Gasteiger partial charge is 0.458 e. The molecule has 0 spiro atoms. The second-order valence-electron chi connectivity index (χ2n) is 18.8. The van der Waals surface area contributed by atoms with Crippen LogP contribution in [0.1, 0.15) is 0 Å². The van der Waals surface area contributed by atoms with Crippen LogP contribution in [0.15, 0.2) is 273 Å². The number of hydrogen-bond donors (Lipinski definition) is 0. The molecule has 14 rings (SSSR count). The lowest BCUT2D eigenvalue weighted by Gasteiger charge is -2.42. The number of para-hydroxylation sites is 4. The van der Waals surface area contributed by atoms with Crippen LogP contribution < -0.4 is 41.2 Å². The van der Waals surface area contributed by atoms with Gasteiger partial charge in [-0.1, -0.05) is 212 Å². The highest BCUT2D eigenvalue weighted by atomic mass is 28.3. The Morgan fingerprint density at radius 3 is 1.52 bits per heavy atom. The summed E-state index contributed by atoms with van der Waals surface area (Å²) in [5.74, 6) is 1.75. The van der Waals surface area contributed by atoms with Crippen molar-refractivity contribution >= 4 is 79.8 Å². The Morgan fingerprint density at radius 2 is 0.859 bits per heavy atom. The lowest BCUT2D eigenvalue weighted by molar-refractivity contribution is 0.487. The summed E-state index contributed by atoms with van der Waals surface area (Å²) < 4.78 is 9.62. The van der Waals surface area contributed by atoms with Crippen molar-refractivity contribution in [3.05, 3.63) is 273 Å². The summed E-state index contributed by atoms with van der Waals surface area (Å²) in [5.41, 5.74) is 15.1. The highest BCUT2D eigenvalue weighted by molar-refractivity contribution is 7.20. The van der Waals surface area contributed by atoms with Crippen LogP contribution in [0.5, 0.6) is 11.5 Å². The molecule has 12 aromatic rings. The highest BCUT2D eigenvalue weighted by Crippen LogP contribution is 2.46. The first-order valence-electron chi connectivity index (χ1n) is 24.5. The molecule has 0 unspecified atom stereocenters. The number of fused-ring (bicyclic) bond motifs is 7. The minimum atomic E-state index is -2.77. The Kier molecular flexibility index (Phi) is 9.65. The summed E-state index contributed by atoms with van der Waals surface area (Å²) in [7, 11) is -2.77. The zero-order valence-corrected chi connectivity index (χ0v) is 39.9. The van der Waals surface area contributed by atoms with E-state index in [1.54, 1.807) is 0 Å². The molecule has 332 valence electrons. The lowest BCUT2D eigenvalue weighted by Crippen LogP contribution is -2.74. The Labute approximate surface area is 415 Å². The molecule has 71 heavy (non-hydrogen) atoms. The molecule has 0 fully saturated rings.